The molecule has 0 fully saturated rings. The smallest absolute Gasteiger partial charge is 0.308 e. The predicted molar refractivity (Wildman–Crippen MR) is 95.0 cm³/mol. The standard InChI is InChI=1S/C18H19N3O4/c1-13(22)25-16-9-8-14(10-17(16)24-2)11-20-21-18(23)12-19-15-6-4-3-5-7-15/h3-11,19H,12H2,1-2H3,(H,21,23)/b20-11-. The number of ether oxygens (including phenoxy) is 2. The molecule has 0 unspecified atom stereocenters. The molecule has 0 aromatic heterocycles. The van der Waals surface area contributed by atoms with Crippen molar-refractivity contribution in [2.24, 2.45) is 5.10 Å². The maximum absolute atomic E-state index is 11.7. The molecule has 0 heterocycles. The number of esters is 1. The lowest BCUT2D eigenvalue weighted by Gasteiger charge is -2.08. The van der Waals surface area contributed by atoms with E-state index in [-0.39, 0.29) is 12.5 Å². The summed E-state index contributed by atoms with van der Waals surface area (Å²) in [5, 5.41) is 6.87. The van der Waals surface area contributed by atoms with Gasteiger partial charge >= 0.3 is 5.97 Å². The fraction of sp³-hybridized carbons (Fsp3) is 0.167. The van der Waals surface area contributed by atoms with Crippen LogP contribution in [0, 0.1) is 0 Å². The molecule has 2 N–H and O–H groups in total. The van der Waals surface area contributed by atoms with E-state index in [1.807, 2.05) is 30.3 Å². The number of amides is 1. The molecule has 7 nitrogen and oxygen atoms in total. The molecule has 130 valence electrons. The highest BCUT2D eigenvalue weighted by molar-refractivity contribution is 5.85. The van der Waals surface area contributed by atoms with E-state index in [0.29, 0.717) is 17.1 Å². The van der Waals surface area contributed by atoms with Crippen LogP contribution in [-0.4, -0.2) is 31.7 Å². The number of hydrazone groups is 1. The highest BCUT2D eigenvalue weighted by atomic mass is 16.6. The van der Waals surface area contributed by atoms with Gasteiger partial charge in [-0.15, -0.1) is 0 Å². The first-order chi connectivity index (χ1) is 12.1. The fourth-order valence-electron chi connectivity index (χ4n) is 1.96. The van der Waals surface area contributed by atoms with Gasteiger partial charge in [0.2, 0.25) is 0 Å². The van der Waals surface area contributed by atoms with Crippen molar-refractivity contribution in [1.82, 2.24) is 5.43 Å². The number of hydrogen-bond donors (Lipinski definition) is 2. The fourth-order valence-corrected chi connectivity index (χ4v) is 1.96. The number of carbonyl (C=O) groups excluding carboxylic acids is 2. The molecular weight excluding hydrogens is 322 g/mol. The second-order valence-corrected chi connectivity index (χ2v) is 5.02. The molecule has 2 rings (SSSR count). The zero-order valence-electron chi connectivity index (χ0n) is 14.0. The topological polar surface area (TPSA) is 89.0 Å². The maximum Gasteiger partial charge on any atom is 0.308 e. The van der Waals surface area contributed by atoms with Gasteiger partial charge in [-0.25, -0.2) is 5.43 Å². The van der Waals surface area contributed by atoms with E-state index in [0.717, 1.165) is 5.69 Å². The average Bonchev–Trinajstić information content (AvgIpc) is 2.61. The Morgan fingerprint density at radius 2 is 1.88 bits per heavy atom. The Morgan fingerprint density at radius 1 is 1.12 bits per heavy atom. The van der Waals surface area contributed by atoms with Gasteiger partial charge in [-0.05, 0) is 35.9 Å². The minimum Gasteiger partial charge on any atom is -0.493 e. The minimum absolute atomic E-state index is 0.107. The molecular formula is C18H19N3O4. The number of anilines is 1. The zero-order valence-corrected chi connectivity index (χ0v) is 14.0. The molecule has 0 aliphatic heterocycles. The van der Waals surface area contributed by atoms with Crippen molar-refractivity contribution in [3.63, 3.8) is 0 Å². The van der Waals surface area contributed by atoms with Crippen molar-refractivity contribution in [2.75, 3.05) is 19.0 Å². The first-order valence-corrected chi connectivity index (χ1v) is 7.56. The Morgan fingerprint density at radius 3 is 2.56 bits per heavy atom. The number of nitrogens with zero attached hydrogens (tertiary/aromatic N) is 1. The van der Waals surface area contributed by atoms with Crippen LogP contribution in [-0.2, 0) is 9.59 Å². The molecule has 0 aliphatic rings. The quantitative estimate of drug-likeness (QED) is 0.349. The van der Waals surface area contributed by atoms with Crippen LogP contribution < -0.4 is 20.2 Å². The van der Waals surface area contributed by atoms with E-state index in [1.165, 1.54) is 20.2 Å². The van der Waals surface area contributed by atoms with Gasteiger partial charge < -0.3 is 14.8 Å². The molecule has 1 amide bonds. The first kappa shape index (κ1) is 18.0. The normalized spacial score (nSPS) is 10.3. The summed E-state index contributed by atoms with van der Waals surface area (Å²) < 4.78 is 10.2. The summed E-state index contributed by atoms with van der Waals surface area (Å²) in [7, 11) is 1.47. The van der Waals surface area contributed by atoms with Gasteiger partial charge in [0, 0.05) is 12.6 Å². The van der Waals surface area contributed by atoms with Gasteiger partial charge in [0.1, 0.15) is 0 Å². The first-order valence-electron chi connectivity index (χ1n) is 7.56. The Labute approximate surface area is 145 Å². The number of carbonyl (C=O) groups is 2. The number of rotatable bonds is 7. The highest BCUT2D eigenvalue weighted by Crippen LogP contribution is 2.27. The van der Waals surface area contributed by atoms with E-state index < -0.39 is 5.97 Å². The maximum atomic E-state index is 11.7. The molecule has 7 heteroatoms. The molecule has 0 bridgehead atoms. The van der Waals surface area contributed by atoms with E-state index in [4.69, 9.17) is 9.47 Å². The lowest BCUT2D eigenvalue weighted by atomic mass is 10.2. The molecule has 2 aromatic carbocycles. The van der Waals surface area contributed by atoms with Crippen molar-refractivity contribution in [3.8, 4) is 11.5 Å². The van der Waals surface area contributed by atoms with Crippen LogP contribution in [0.1, 0.15) is 12.5 Å². The van der Waals surface area contributed by atoms with Gasteiger partial charge in [0.05, 0.1) is 19.9 Å². The van der Waals surface area contributed by atoms with E-state index >= 15 is 0 Å². The largest absolute Gasteiger partial charge is 0.493 e. The van der Waals surface area contributed by atoms with Crippen LogP contribution >= 0.6 is 0 Å². The second-order valence-electron chi connectivity index (χ2n) is 5.02. The summed E-state index contributed by atoms with van der Waals surface area (Å²) in [6.07, 6.45) is 1.47. The number of para-hydroxylation sites is 1. The number of benzene rings is 2. The molecule has 0 saturated carbocycles. The van der Waals surface area contributed by atoms with Crippen LogP contribution in [0.25, 0.3) is 0 Å². The van der Waals surface area contributed by atoms with Gasteiger partial charge in [0.25, 0.3) is 5.91 Å². The third kappa shape index (κ3) is 5.98. The molecule has 0 radical (unpaired) electrons. The average molecular weight is 341 g/mol. The van der Waals surface area contributed by atoms with E-state index in [9.17, 15) is 9.59 Å². The third-order valence-electron chi connectivity index (χ3n) is 3.07. The van der Waals surface area contributed by atoms with Crippen LogP contribution in [0.2, 0.25) is 0 Å². The lowest BCUT2D eigenvalue weighted by molar-refractivity contribution is -0.132. The predicted octanol–water partition coefficient (Wildman–Crippen LogP) is 2.18. The summed E-state index contributed by atoms with van der Waals surface area (Å²) >= 11 is 0. The van der Waals surface area contributed by atoms with E-state index in [1.54, 1.807) is 18.2 Å². The van der Waals surface area contributed by atoms with Gasteiger partial charge in [-0.3, -0.25) is 9.59 Å². The Bertz CT molecular complexity index is 760. The van der Waals surface area contributed by atoms with Crippen molar-refractivity contribution < 1.29 is 19.1 Å². The van der Waals surface area contributed by atoms with Crippen LogP contribution in [0.3, 0.4) is 0 Å². The second kappa shape index (κ2) is 9.07. The van der Waals surface area contributed by atoms with Crippen molar-refractivity contribution in [3.05, 3.63) is 54.1 Å². The Balaban J connectivity index is 1.88. The summed E-state index contributed by atoms with van der Waals surface area (Å²) in [6, 6.07) is 14.3. The van der Waals surface area contributed by atoms with Crippen LogP contribution in [0.15, 0.2) is 53.6 Å². The number of methoxy groups -OCH3 is 1. The number of nitrogens with one attached hydrogen (secondary N) is 2. The third-order valence-corrected chi connectivity index (χ3v) is 3.07. The van der Waals surface area contributed by atoms with Gasteiger partial charge in [-0.2, -0.15) is 5.10 Å². The summed E-state index contributed by atoms with van der Waals surface area (Å²) in [5.74, 6) is 0.0148. The molecule has 0 atom stereocenters. The summed E-state index contributed by atoms with van der Waals surface area (Å²) in [6.45, 7) is 1.42. The summed E-state index contributed by atoms with van der Waals surface area (Å²) in [5.41, 5.74) is 3.97. The minimum atomic E-state index is -0.433. The molecule has 2 aromatic rings. The van der Waals surface area contributed by atoms with Gasteiger partial charge in [0.15, 0.2) is 11.5 Å². The monoisotopic (exact) mass is 341 g/mol. The Hall–Kier alpha value is -3.35. The van der Waals surface area contributed by atoms with Crippen LogP contribution in [0.4, 0.5) is 5.69 Å². The van der Waals surface area contributed by atoms with Crippen LogP contribution in [0.5, 0.6) is 11.5 Å². The summed E-state index contributed by atoms with van der Waals surface area (Å²) in [4.78, 5) is 22.8. The SMILES string of the molecule is COc1cc(/C=N\NC(=O)CNc2ccccc2)ccc1OC(C)=O. The van der Waals surface area contributed by atoms with Gasteiger partial charge in [-0.1, -0.05) is 18.2 Å². The van der Waals surface area contributed by atoms with Crippen molar-refractivity contribution in [2.45, 2.75) is 6.92 Å². The van der Waals surface area contributed by atoms with Crippen molar-refractivity contribution >= 4 is 23.8 Å². The highest BCUT2D eigenvalue weighted by Gasteiger charge is 2.07. The number of hydrogen-bond acceptors (Lipinski definition) is 6. The van der Waals surface area contributed by atoms with Crippen molar-refractivity contribution in [1.29, 1.82) is 0 Å². The molecule has 0 spiro atoms. The van der Waals surface area contributed by atoms with E-state index in [2.05, 4.69) is 15.8 Å². The molecule has 0 aliphatic carbocycles. The Kier molecular flexibility index (Phi) is 6.53. The lowest BCUT2D eigenvalue weighted by Crippen LogP contribution is -2.25. The molecule has 0 saturated heterocycles. The molecule has 25 heavy (non-hydrogen) atoms. The zero-order chi connectivity index (χ0) is 18.1.